The summed E-state index contributed by atoms with van der Waals surface area (Å²) in [4.78, 5) is 26.5. The number of carbonyl (C=O) groups is 2. The minimum atomic E-state index is -0.446. The predicted octanol–water partition coefficient (Wildman–Crippen LogP) is 3.58. The highest BCUT2D eigenvalue weighted by Crippen LogP contribution is 2.40. The van der Waals surface area contributed by atoms with Crippen molar-refractivity contribution in [3.8, 4) is 5.75 Å². The van der Waals surface area contributed by atoms with E-state index in [1.807, 2.05) is 12.1 Å². The van der Waals surface area contributed by atoms with Crippen LogP contribution in [-0.2, 0) is 23.1 Å². The molecule has 2 aliphatic heterocycles. The zero-order valence-electron chi connectivity index (χ0n) is 17.6. The van der Waals surface area contributed by atoms with Crippen molar-refractivity contribution < 1.29 is 19.1 Å². The van der Waals surface area contributed by atoms with Crippen LogP contribution >= 0.6 is 0 Å². The van der Waals surface area contributed by atoms with Gasteiger partial charge in [0.2, 0.25) is 0 Å². The van der Waals surface area contributed by atoms with E-state index in [0.717, 1.165) is 25.2 Å². The summed E-state index contributed by atoms with van der Waals surface area (Å²) in [5.74, 6) is 0.274. The van der Waals surface area contributed by atoms with Crippen LogP contribution in [0.5, 0.6) is 5.75 Å². The van der Waals surface area contributed by atoms with Gasteiger partial charge in [0.1, 0.15) is 11.4 Å². The van der Waals surface area contributed by atoms with Gasteiger partial charge in [0.25, 0.3) is 0 Å². The third kappa shape index (κ3) is 3.53. The molecule has 1 aromatic heterocycles. The predicted molar refractivity (Wildman–Crippen MR) is 118 cm³/mol. The molecule has 6 nitrogen and oxygen atoms in total. The maximum absolute atomic E-state index is 12.9. The molecular formula is C25H24N2O4. The van der Waals surface area contributed by atoms with Gasteiger partial charge in [-0.25, -0.2) is 4.79 Å². The SMILES string of the molecule is COC(=O)C=Cc1ccc2c(c1)C(=O)CC1(CN(Cc3cn(C)c4ccccc34)C1)O2. The number of aryl methyl sites for hydroxylation is 1. The molecule has 0 atom stereocenters. The zero-order valence-corrected chi connectivity index (χ0v) is 17.6. The Kier molecular flexibility index (Phi) is 4.67. The van der Waals surface area contributed by atoms with Crippen molar-refractivity contribution in [2.45, 2.75) is 18.6 Å². The van der Waals surface area contributed by atoms with Crippen molar-refractivity contribution in [3.05, 3.63) is 71.4 Å². The number of esters is 1. The minimum Gasteiger partial charge on any atom is -0.483 e. The van der Waals surface area contributed by atoms with Gasteiger partial charge in [0, 0.05) is 49.9 Å². The molecule has 2 aromatic carbocycles. The second-order valence-electron chi connectivity index (χ2n) is 8.42. The standard InChI is InChI=1S/C25H24N2O4/c1-26-13-18(19-5-3-4-6-21(19)26)14-27-15-25(16-27)12-22(28)20-11-17(7-9-23(20)31-25)8-10-24(29)30-2/h3-11,13H,12,14-16H2,1-2H3. The Morgan fingerprint density at radius 3 is 2.84 bits per heavy atom. The lowest BCUT2D eigenvalue weighted by atomic mass is 9.83. The lowest BCUT2D eigenvalue weighted by molar-refractivity contribution is -0.134. The number of likely N-dealkylation sites (tertiary alicyclic amines) is 1. The van der Waals surface area contributed by atoms with Gasteiger partial charge in [0.15, 0.2) is 5.78 Å². The summed E-state index contributed by atoms with van der Waals surface area (Å²) >= 11 is 0. The molecule has 0 aliphatic carbocycles. The van der Waals surface area contributed by atoms with Crippen molar-refractivity contribution in [1.29, 1.82) is 0 Å². The van der Waals surface area contributed by atoms with E-state index in [2.05, 4.69) is 51.7 Å². The van der Waals surface area contributed by atoms with Crippen molar-refractivity contribution in [2.24, 2.45) is 7.05 Å². The fourth-order valence-corrected chi connectivity index (χ4v) is 4.70. The molecule has 1 spiro atoms. The molecule has 31 heavy (non-hydrogen) atoms. The van der Waals surface area contributed by atoms with Gasteiger partial charge in [-0.15, -0.1) is 0 Å². The summed E-state index contributed by atoms with van der Waals surface area (Å²) in [6, 6.07) is 13.8. The van der Waals surface area contributed by atoms with Gasteiger partial charge < -0.3 is 14.0 Å². The first kappa shape index (κ1) is 19.6. The van der Waals surface area contributed by atoms with Crippen LogP contribution in [-0.4, -0.2) is 47.0 Å². The van der Waals surface area contributed by atoms with Crippen molar-refractivity contribution in [1.82, 2.24) is 9.47 Å². The molecule has 0 N–H and O–H groups in total. The summed E-state index contributed by atoms with van der Waals surface area (Å²) in [6.07, 6.45) is 5.53. The first-order valence-electron chi connectivity index (χ1n) is 10.3. The van der Waals surface area contributed by atoms with Crippen LogP contribution in [0.2, 0.25) is 0 Å². The lowest BCUT2D eigenvalue weighted by Crippen LogP contribution is -2.66. The summed E-state index contributed by atoms with van der Waals surface area (Å²) in [5, 5.41) is 1.27. The zero-order chi connectivity index (χ0) is 21.6. The number of nitrogens with zero attached hydrogens (tertiary/aromatic N) is 2. The molecule has 0 saturated carbocycles. The summed E-state index contributed by atoms with van der Waals surface area (Å²) in [7, 11) is 3.40. The third-order valence-corrected chi connectivity index (χ3v) is 6.12. The number of hydrogen-bond acceptors (Lipinski definition) is 5. The number of aromatic nitrogens is 1. The van der Waals surface area contributed by atoms with Crippen molar-refractivity contribution in [3.63, 3.8) is 0 Å². The molecule has 6 heteroatoms. The number of ketones is 1. The van der Waals surface area contributed by atoms with Gasteiger partial charge >= 0.3 is 5.97 Å². The van der Waals surface area contributed by atoms with Crippen LogP contribution in [0.4, 0.5) is 0 Å². The van der Waals surface area contributed by atoms with Crippen LogP contribution in [0.1, 0.15) is 27.9 Å². The molecule has 2 aliphatic rings. The Balaban J connectivity index is 1.29. The maximum Gasteiger partial charge on any atom is 0.330 e. The van der Waals surface area contributed by atoms with Crippen LogP contribution in [0.15, 0.2) is 54.7 Å². The second-order valence-corrected chi connectivity index (χ2v) is 8.42. The van der Waals surface area contributed by atoms with E-state index in [1.165, 1.54) is 29.7 Å². The van der Waals surface area contributed by atoms with E-state index in [-0.39, 0.29) is 5.78 Å². The molecule has 0 unspecified atom stereocenters. The Hall–Kier alpha value is -3.38. The fraction of sp³-hybridized carbons (Fsp3) is 0.280. The van der Waals surface area contributed by atoms with Crippen LogP contribution in [0.3, 0.4) is 0 Å². The molecule has 3 heterocycles. The second kappa shape index (κ2) is 7.39. The van der Waals surface area contributed by atoms with Crippen molar-refractivity contribution >= 4 is 28.7 Å². The highest BCUT2D eigenvalue weighted by Gasteiger charge is 2.49. The van der Waals surface area contributed by atoms with Gasteiger partial charge in [0.05, 0.1) is 19.1 Å². The summed E-state index contributed by atoms with van der Waals surface area (Å²) in [5.41, 5.74) is 3.41. The smallest absolute Gasteiger partial charge is 0.330 e. The van der Waals surface area contributed by atoms with Crippen molar-refractivity contribution in [2.75, 3.05) is 20.2 Å². The highest BCUT2D eigenvalue weighted by atomic mass is 16.5. The average Bonchev–Trinajstić information content (AvgIpc) is 3.07. The van der Waals surface area contributed by atoms with E-state index < -0.39 is 11.6 Å². The first-order chi connectivity index (χ1) is 15.0. The van der Waals surface area contributed by atoms with Gasteiger partial charge in [-0.1, -0.05) is 24.3 Å². The van der Waals surface area contributed by atoms with Crippen LogP contribution in [0.25, 0.3) is 17.0 Å². The molecule has 0 bridgehead atoms. The average molecular weight is 416 g/mol. The van der Waals surface area contributed by atoms with Gasteiger partial charge in [-0.2, -0.15) is 0 Å². The van der Waals surface area contributed by atoms with E-state index in [0.29, 0.717) is 17.7 Å². The minimum absolute atomic E-state index is 0.0828. The molecule has 1 saturated heterocycles. The number of fused-ring (bicyclic) bond motifs is 2. The number of carbonyl (C=O) groups excluding carboxylic acids is 2. The van der Waals surface area contributed by atoms with Crippen LogP contribution in [0, 0.1) is 0 Å². The Labute approximate surface area is 180 Å². The van der Waals surface area contributed by atoms with E-state index in [1.54, 1.807) is 12.1 Å². The summed E-state index contributed by atoms with van der Waals surface area (Å²) < 4.78 is 13.1. The Bertz CT molecular complexity index is 1220. The quantitative estimate of drug-likeness (QED) is 0.481. The molecule has 0 radical (unpaired) electrons. The molecule has 1 fully saturated rings. The number of ether oxygens (including phenoxy) is 2. The Morgan fingerprint density at radius 2 is 2.03 bits per heavy atom. The molecular weight excluding hydrogens is 392 g/mol. The summed E-state index contributed by atoms with van der Waals surface area (Å²) in [6.45, 7) is 2.29. The number of rotatable bonds is 4. The maximum atomic E-state index is 12.9. The topological polar surface area (TPSA) is 60.8 Å². The highest BCUT2D eigenvalue weighted by molar-refractivity contribution is 6.01. The number of methoxy groups -OCH3 is 1. The van der Waals surface area contributed by atoms with E-state index >= 15 is 0 Å². The van der Waals surface area contributed by atoms with Gasteiger partial charge in [-0.05, 0) is 35.4 Å². The molecule has 158 valence electrons. The number of para-hydroxylation sites is 1. The number of benzene rings is 2. The Morgan fingerprint density at radius 1 is 1.23 bits per heavy atom. The van der Waals surface area contributed by atoms with E-state index in [9.17, 15) is 9.59 Å². The monoisotopic (exact) mass is 416 g/mol. The first-order valence-corrected chi connectivity index (χ1v) is 10.3. The van der Waals surface area contributed by atoms with Crippen LogP contribution < -0.4 is 4.74 Å². The van der Waals surface area contributed by atoms with Gasteiger partial charge in [-0.3, -0.25) is 9.69 Å². The lowest BCUT2D eigenvalue weighted by Gasteiger charge is -2.51. The normalized spacial score (nSPS) is 17.5. The molecule has 0 amide bonds. The largest absolute Gasteiger partial charge is 0.483 e. The fourth-order valence-electron chi connectivity index (χ4n) is 4.70. The number of Topliss-reactive ketones (excluding diaryl/α,β-unsaturated/α-hetero) is 1. The molecule has 3 aromatic rings. The van der Waals surface area contributed by atoms with E-state index in [4.69, 9.17) is 4.74 Å². The molecule has 5 rings (SSSR count). The third-order valence-electron chi connectivity index (χ3n) is 6.12. The number of hydrogen-bond donors (Lipinski definition) is 0.